The van der Waals surface area contributed by atoms with Gasteiger partial charge in [-0.3, -0.25) is 0 Å². The molecule has 1 aromatic carbocycles. The van der Waals surface area contributed by atoms with Crippen LogP contribution in [0.25, 0.3) is 0 Å². The van der Waals surface area contributed by atoms with Crippen LogP contribution in [-0.4, -0.2) is 42.5 Å². The van der Waals surface area contributed by atoms with E-state index in [0.29, 0.717) is 0 Å². The first-order chi connectivity index (χ1) is 10.6. The Morgan fingerprint density at radius 3 is 2.14 bits per heavy atom. The lowest BCUT2D eigenvalue weighted by Crippen LogP contribution is -2.39. The molecule has 0 fully saturated rings. The van der Waals surface area contributed by atoms with Gasteiger partial charge in [-0.05, 0) is 38.5 Å². The molecule has 128 valence electrons. The summed E-state index contributed by atoms with van der Waals surface area (Å²) in [5.41, 5.74) is 2.00. The second-order valence-electron chi connectivity index (χ2n) is 5.51. The molecule has 0 aliphatic heterocycles. The van der Waals surface area contributed by atoms with Gasteiger partial charge in [0.2, 0.25) is 0 Å². The Bertz CT molecular complexity index is 355. The lowest BCUT2D eigenvalue weighted by atomic mass is 10.0. The van der Waals surface area contributed by atoms with Gasteiger partial charge >= 0.3 is 0 Å². The van der Waals surface area contributed by atoms with E-state index in [9.17, 15) is 10.2 Å². The molecule has 22 heavy (non-hydrogen) atoms. The molecule has 0 unspecified atom stereocenters. The predicted octanol–water partition coefficient (Wildman–Crippen LogP) is 2.39. The third-order valence-electron chi connectivity index (χ3n) is 3.18. The minimum atomic E-state index is -0.676. The van der Waals surface area contributed by atoms with Crippen LogP contribution in [0.4, 0.5) is 0 Å². The lowest BCUT2D eigenvalue weighted by Gasteiger charge is -2.23. The molecule has 0 radical (unpaired) electrons. The molecule has 0 aromatic heterocycles. The molecule has 4 N–H and O–H groups in total. The number of rotatable bonds is 9. The fourth-order valence-corrected chi connectivity index (χ4v) is 1.95. The summed E-state index contributed by atoms with van der Waals surface area (Å²) in [5.74, 6) is 0. The van der Waals surface area contributed by atoms with Gasteiger partial charge in [-0.1, -0.05) is 57.0 Å². The molecule has 4 heteroatoms. The van der Waals surface area contributed by atoms with E-state index in [-0.39, 0.29) is 12.6 Å². The fraction of sp³-hybridized carbons (Fsp3) is 0.667. The highest BCUT2D eigenvalue weighted by Crippen LogP contribution is 2.17. The van der Waals surface area contributed by atoms with Crippen molar-refractivity contribution >= 4 is 0 Å². The van der Waals surface area contributed by atoms with Gasteiger partial charge in [0, 0.05) is 0 Å². The number of aliphatic hydroxyl groups excluding tert-OH is 2. The molecule has 0 aliphatic carbocycles. The zero-order valence-corrected chi connectivity index (χ0v) is 14.6. The zero-order valence-electron chi connectivity index (χ0n) is 14.6. The Morgan fingerprint density at radius 2 is 1.64 bits per heavy atom. The van der Waals surface area contributed by atoms with Crippen molar-refractivity contribution in [3.8, 4) is 0 Å². The maximum absolute atomic E-state index is 10.2. The van der Waals surface area contributed by atoms with Crippen LogP contribution in [-0.2, 0) is 0 Å². The zero-order chi connectivity index (χ0) is 16.8. The largest absolute Gasteiger partial charge is 0.395 e. The molecule has 0 saturated carbocycles. The first kappa shape index (κ1) is 21.1. The summed E-state index contributed by atoms with van der Waals surface area (Å²) < 4.78 is 0. The SMILES string of the molecule is CCC.CCNCCCN[C@H](CO)[C@H](O)c1ccc(C)cc1. The van der Waals surface area contributed by atoms with Crippen molar-refractivity contribution in [2.24, 2.45) is 0 Å². The molecule has 1 aromatic rings. The topological polar surface area (TPSA) is 64.5 Å². The Labute approximate surface area is 136 Å². The maximum atomic E-state index is 10.2. The molecular formula is C18H34N2O2. The summed E-state index contributed by atoms with van der Waals surface area (Å²) >= 11 is 0. The molecule has 0 amide bonds. The highest BCUT2D eigenvalue weighted by atomic mass is 16.3. The average Bonchev–Trinajstić information content (AvgIpc) is 2.52. The summed E-state index contributed by atoms with van der Waals surface area (Å²) in [4.78, 5) is 0. The summed E-state index contributed by atoms with van der Waals surface area (Å²) in [6.07, 6.45) is 1.55. The fourth-order valence-electron chi connectivity index (χ4n) is 1.95. The highest BCUT2D eigenvalue weighted by Gasteiger charge is 2.19. The third-order valence-corrected chi connectivity index (χ3v) is 3.18. The second kappa shape index (κ2) is 13.7. The lowest BCUT2D eigenvalue weighted by molar-refractivity contribution is 0.0900. The molecule has 2 atom stereocenters. The van der Waals surface area contributed by atoms with E-state index in [1.54, 1.807) is 0 Å². The van der Waals surface area contributed by atoms with Gasteiger partial charge < -0.3 is 20.8 Å². The van der Waals surface area contributed by atoms with Gasteiger partial charge in [0.15, 0.2) is 0 Å². The van der Waals surface area contributed by atoms with Crippen molar-refractivity contribution in [2.75, 3.05) is 26.2 Å². The van der Waals surface area contributed by atoms with Crippen LogP contribution in [0.3, 0.4) is 0 Å². The smallest absolute Gasteiger partial charge is 0.0965 e. The van der Waals surface area contributed by atoms with Crippen molar-refractivity contribution in [3.05, 3.63) is 35.4 Å². The molecule has 0 aliphatic rings. The Kier molecular flexibility index (Phi) is 13.1. The number of hydrogen-bond donors (Lipinski definition) is 4. The molecule has 4 nitrogen and oxygen atoms in total. The minimum absolute atomic E-state index is 0.0732. The van der Waals surface area contributed by atoms with E-state index in [4.69, 9.17) is 0 Å². The normalized spacial score (nSPS) is 13.2. The average molecular weight is 310 g/mol. The van der Waals surface area contributed by atoms with Crippen LogP contribution in [0, 0.1) is 6.92 Å². The van der Waals surface area contributed by atoms with Crippen LogP contribution in [0.5, 0.6) is 0 Å². The van der Waals surface area contributed by atoms with Crippen molar-refractivity contribution in [2.45, 2.75) is 52.7 Å². The van der Waals surface area contributed by atoms with Gasteiger partial charge in [0.1, 0.15) is 0 Å². The molecule has 0 heterocycles. The predicted molar refractivity (Wildman–Crippen MR) is 94.1 cm³/mol. The number of hydrogen-bond acceptors (Lipinski definition) is 4. The van der Waals surface area contributed by atoms with Gasteiger partial charge in [-0.15, -0.1) is 0 Å². The first-order valence-electron chi connectivity index (χ1n) is 8.40. The van der Waals surface area contributed by atoms with Gasteiger partial charge in [0.25, 0.3) is 0 Å². The quantitative estimate of drug-likeness (QED) is 0.529. The Morgan fingerprint density at radius 1 is 1.05 bits per heavy atom. The van der Waals surface area contributed by atoms with Crippen LogP contribution < -0.4 is 10.6 Å². The monoisotopic (exact) mass is 310 g/mol. The second-order valence-corrected chi connectivity index (χ2v) is 5.51. The van der Waals surface area contributed by atoms with E-state index in [0.717, 1.165) is 37.2 Å². The maximum Gasteiger partial charge on any atom is 0.0965 e. The van der Waals surface area contributed by atoms with Crippen LogP contribution in [0.15, 0.2) is 24.3 Å². The molecule has 0 saturated heterocycles. The molecule has 1 rings (SSSR count). The van der Waals surface area contributed by atoms with Gasteiger partial charge in [-0.25, -0.2) is 0 Å². The first-order valence-corrected chi connectivity index (χ1v) is 8.40. The van der Waals surface area contributed by atoms with Gasteiger partial charge in [0.05, 0.1) is 18.8 Å². The number of benzene rings is 1. The van der Waals surface area contributed by atoms with Crippen LogP contribution >= 0.6 is 0 Å². The molecule has 0 bridgehead atoms. The van der Waals surface area contributed by atoms with E-state index in [1.165, 1.54) is 6.42 Å². The Hall–Kier alpha value is -0.940. The van der Waals surface area contributed by atoms with E-state index < -0.39 is 6.10 Å². The van der Waals surface area contributed by atoms with Gasteiger partial charge in [-0.2, -0.15) is 0 Å². The summed E-state index contributed by atoms with van der Waals surface area (Å²) in [5, 5.41) is 26.1. The van der Waals surface area contributed by atoms with Crippen LogP contribution in [0.1, 0.15) is 50.8 Å². The van der Waals surface area contributed by atoms with E-state index in [1.807, 2.05) is 31.2 Å². The van der Waals surface area contributed by atoms with Crippen molar-refractivity contribution < 1.29 is 10.2 Å². The van der Waals surface area contributed by atoms with Crippen molar-refractivity contribution in [1.82, 2.24) is 10.6 Å². The Balaban J connectivity index is 0.00000135. The molecular weight excluding hydrogens is 276 g/mol. The van der Waals surface area contributed by atoms with Crippen molar-refractivity contribution in [3.63, 3.8) is 0 Å². The number of aryl methyl sites for hydroxylation is 1. The minimum Gasteiger partial charge on any atom is -0.395 e. The molecule has 0 spiro atoms. The number of nitrogens with one attached hydrogen (secondary N) is 2. The highest BCUT2D eigenvalue weighted by molar-refractivity contribution is 5.24. The van der Waals surface area contributed by atoms with E-state index >= 15 is 0 Å². The summed E-state index contributed by atoms with van der Waals surface area (Å²) in [6, 6.07) is 7.44. The summed E-state index contributed by atoms with van der Waals surface area (Å²) in [6.45, 7) is 11.0. The van der Waals surface area contributed by atoms with Crippen LogP contribution in [0.2, 0.25) is 0 Å². The number of aliphatic hydroxyl groups is 2. The standard InChI is InChI=1S/C15H26N2O2.C3H8/c1-3-16-9-4-10-17-14(11-18)15(19)13-7-5-12(2)6-8-13;1-3-2/h5-8,14-19H,3-4,9-11H2,1-2H3;3H2,1-2H3/t14-,15-;/m1./s1. The third kappa shape index (κ3) is 9.15. The van der Waals surface area contributed by atoms with Crippen molar-refractivity contribution in [1.29, 1.82) is 0 Å². The van der Waals surface area contributed by atoms with E-state index in [2.05, 4.69) is 31.4 Å². The summed E-state index contributed by atoms with van der Waals surface area (Å²) in [7, 11) is 0.